The molecule has 3 nitrogen and oxygen atoms in total. The number of benzene rings is 2. The van der Waals surface area contributed by atoms with Crippen molar-refractivity contribution < 1.29 is 14.3 Å². The second-order valence-electron chi connectivity index (χ2n) is 4.07. The van der Waals surface area contributed by atoms with Crippen LogP contribution in [0.15, 0.2) is 48.5 Å². The number of nitrogens with zero attached hydrogens (tertiary/aromatic N) is 1. The van der Waals surface area contributed by atoms with Gasteiger partial charge in [0.15, 0.2) is 0 Å². The summed E-state index contributed by atoms with van der Waals surface area (Å²) in [7, 11) is 0. The van der Waals surface area contributed by atoms with Gasteiger partial charge in [-0.25, -0.2) is 9.18 Å². The number of hydrogen-bond donors (Lipinski definition) is 1. The highest BCUT2D eigenvalue weighted by atomic mass is 19.1. The largest absolute Gasteiger partial charge is 0.478 e. The number of hydrogen-bond acceptors (Lipinski definition) is 2. The summed E-state index contributed by atoms with van der Waals surface area (Å²) in [6.07, 6.45) is 1.44. The van der Waals surface area contributed by atoms with Crippen molar-refractivity contribution in [2.45, 2.75) is 0 Å². The van der Waals surface area contributed by atoms with Gasteiger partial charge in [-0.05, 0) is 29.8 Å². The molecule has 0 heterocycles. The summed E-state index contributed by atoms with van der Waals surface area (Å²) in [5, 5.41) is 18.0. The molecule has 2 aromatic carbocycles. The first-order valence-electron chi connectivity index (χ1n) is 5.82. The van der Waals surface area contributed by atoms with Crippen molar-refractivity contribution in [2.24, 2.45) is 0 Å². The molecule has 0 unspecified atom stereocenters. The summed E-state index contributed by atoms with van der Waals surface area (Å²) >= 11 is 0. The van der Waals surface area contributed by atoms with Crippen molar-refractivity contribution in [3.8, 4) is 6.07 Å². The Kier molecular flexibility index (Phi) is 3.92. The zero-order valence-corrected chi connectivity index (χ0v) is 10.4. The van der Waals surface area contributed by atoms with E-state index in [1.165, 1.54) is 36.4 Å². The maximum absolute atomic E-state index is 13.5. The minimum Gasteiger partial charge on any atom is -0.478 e. The third kappa shape index (κ3) is 2.90. The Morgan fingerprint density at radius 1 is 1.10 bits per heavy atom. The lowest BCUT2D eigenvalue weighted by atomic mass is 10.0. The summed E-state index contributed by atoms with van der Waals surface area (Å²) in [5.41, 5.74) is 1.26. The van der Waals surface area contributed by atoms with Gasteiger partial charge in [0.25, 0.3) is 0 Å². The van der Waals surface area contributed by atoms with Crippen LogP contribution in [0.5, 0.6) is 0 Å². The van der Waals surface area contributed by atoms with Gasteiger partial charge in [0.05, 0.1) is 17.2 Å². The van der Waals surface area contributed by atoms with Gasteiger partial charge in [-0.2, -0.15) is 5.26 Å². The predicted octanol–water partition coefficient (Wildman–Crippen LogP) is 3.59. The molecule has 0 radical (unpaired) electrons. The molecular weight excluding hydrogens is 257 g/mol. The van der Waals surface area contributed by atoms with Crippen LogP contribution >= 0.6 is 0 Å². The first-order valence-corrected chi connectivity index (χ1v) is 5.82. The Labute approximate surface area is 115 Å². The van der Waals surface area contributed by atoms with Crippen molar-refractivity contribution in [1.82, 2.24) is 0 Å². The average Bonchev–Trinajstić information content (AvgIpc) is 2.46. The smallest absolute Gasteiger partial charge is 0.335 e. The van der Waals surface area contributed by atoms with E-state index in [1.807, 2.05) is 6.07 Å². The molecule has 0 atom stereocenters. The number of carboxylic acid groups (broad SMARTS) is 1. The Morgan fingerprint density at radius 2 is 1.70 bits per heavy atom. The quantitative estimate of drug-likeness (QED) is 0.682. The molecule has 0 aromatic heterocycles. The van der Waals surface area contributed by atoms with Crippen LogP contribution in [-0.4, -0.2) is 11.1 Å². The van der Waals surface area contributed by atoms with Crippen LogP contribution in [0.3, 0.4) is 0 Å². The highest BCUT2D eigenvalue weighted by molar-refractivity contribution is 5.92. The van der Waals surface area contributed by atoms with E-state index in [-0.39, 0.29) is 11.1 Å². The fraction of sp³-hybridized carbons (Fsp3) is 0. The van der Waals surface area contributed by atoms with Crippen molar-refractivity contribution in [1.29, 1.82) is 5.26 Å². The van der Waals surface area contributed by atoms with E-state index >= 15 is 0 Å². The highest BCUT2D eigenvalue weighted by Gasteiger charge is 2.06. The topological polar surface area (TPSA) is 61.1 Å². The molecule has 2 aromatic rings. The molecule has 4 heteroatoms. The predicted molar refractivity (Wildman–Crippen MR) is 73.3 cm³/mol. The van der Waals surface area contributed by atoms with Crippen LogP contribution in [0.4, 0.5) is 4.39 Å². The van der Waals surface area contributed by atoms with E-state index in [4.69, 9.17) is 10.4 Å². The molecule has 98 valence electrons. The molecule has 0 spiro atoms. The molecule has 0 fully saturated rings. The highest BCUT2D eigenvalue weighted by Crippen LogP contribution is 2.19. The van der Waals surface area contributed by atoms with Gasteiger partial charge in [0.2, 0.25) is 0 Å². The fourth-order valence-corrected chi connectivity index (χ4v) is 1.72. The van der Waals surface area contributed by atoms with E-state index in [1.54, 1.807) is 18.2 Å². The number of aromatic carboxylic acids is 1. The Balaban J connectivity index is 2.41. The molecule has 0 aliphatic heterocycles. The number of carboxylic acids is 1. The summed E-state index contributed by atoms with van der Waals surface area (Å²) in [6, 6.07) is 14.0. The van der Waals surface area contributed by atoms with E-state index in [2.05, 4.69) is 0 Å². The second-order valence-corrected chi connectivity index (χ2v) is 4.07. The zero-order valence-electron chi connectivity index (χ0n) is 10.4. The molecule has 20 heavy (non-hydrogen) atoms. The fourth-order valence-electron chi connectivity index (χ4n) is 1.72. The Hall–Kier alpha value is -2.93. The first kappa shape index (κ1) is 13.5. The maximum atomic E-state index is 13.5. The van der Waals surface area contributed by atoms with Gasteiger partial charge in [-0.3, -0.25) is 0 Å². The number of nitriles is 1. The maximum Gasteiger partial charge on any atom is 0.335 e. The summed E-state index contributed by atoms with van der Waals surface area (Å²) in [5.74, 6) is -1.45. The third-order valence-electron chi connectivity index (χ3n) is 2.77. The summed E-state index contributed by atoms with van der Waals surface area (Å²) < 4.78 is 13.5. The first-order chi connectivity index (χ1) is 9.61. The lowest BCUT2D eigenvalue weighted by Crippen LogP contribution is -1.95. The summed E-state index contributed by atoms with van der Waals surface area (Å²) in [4.78, 5) is 10.8. The molecular formula is C16H10FNO2. The minimum atomic E-state index is -1.03. The average molecular weight is 267 g/mol. The monoisotopic (exact) mass is 267 g/mol. The molecule has 2 rings (SSSR count). The van der Waals surface area contributed by atoms with Crippen LogP contribution in [0.1, 0.15) is 21.5 Å². The number of allylic oxidation sites excluding steroid dienone is 1. The van der Waals surface area contributed by atoms with Crippen molar-refractivity contribution in [3.63, 3.8) is 0 Å². The van der Waals surface area contributed by atoms with Crippen LogP contribution in [0.25, 0.3) is 11.6 Å². The van der Waals surface area contributed by atoms with Crippen molar-refractivity contribution in [3.05, 3.63) is 71.0 Å². The van der Waals surface area contributed by atoms with Gasteiger partial charge in [0.1, 0.15) is 5.82 Å². The molecule has 0 saturated carbocycles. The van der Waals surface area contributed by atoms with Gasteiger partial charge >= 0.3 is 5.97 Å². The lowest BCUT2D eigenvalue weighted by molar-refractivity contribution is 0.0697. The van der Waals surface area contributed by atoms with E-state index < -0.39 is 11.8 Å². The Bertz CT molecular complexity index is 712. The lowest BCUT2D eigenvalue weighted by Gasteiger charge is -2.01. The number of carbonyl (C=O) groups is 1. The van der Waals surface area contributed by atoms with Crippen LogP contribution in [-0.2, 0) is 0 Å². The van der Waals surface area contributed by atoms with E-state index in [0.717, 1.165) is 0 Å². The molecule has 0 saturated heterocycles. The standard InChI is InChI=1S/C16H10FNO2/c17-15-4-2-1-3-13(15)9-14(10-18)11-5-7-12(8-6-11)16(19)20/h1-9H,(H,19,20)/b14-9-. The normalized spacial score (nSPS) is 10.9. The molecule has 0 bridgehead atoms. The van der Waals surface area contributed by atoms with Crippen LogP contribution in [0.2, 0.25) is 0 Å². The SMILES string of the molecule is N#C/C(=C/c1ccccc1F)c1ccc(C(=O)O)cc1. The molecule has 0 aliphatic rings. The number of rotatable bonds is 3. The van der Waals surface area contributed by atoms with Gasteiger partial charge < -0.3 is 5.11 Å². The third-order valence-corrected chi connectivity index (χ3v) is 2.77. The summed E-state index contributed by atoms with van der Waals surface area (Å²) in [6.45, 7) is 0. The van der Waals surface area contributed by atoms with Gasteiger partial charge in [-0.1, -0.05) is 30.3 Å². The van der Waals surface area contributed by atoms with E-state index in [0.29, 0.717) is 11.1 Å². The minimum absolute atomic E-state index is 0.136. The molecule has 0 aliphatic carbocycles. The van der Waals surface area contributed by atoms with Crippen molar-refractivity contribution >= 4 is 17.6 Å². The van der Waals surface area contributed by atoms with Gasteiger partial charge in [0, 0.05) is 5.56 Å². The second kappa shape index (κ2) is 5.81. The zero-order chi connectivity index (χ0) is 14.5. The molecule has 0 amide bonds. The van der Waals surface area contributed by atoms with Crippen LogP contribution in [0, 0.1) is 17.1 Å². The van der Waals surface area contributed by atoms with Crippen molar-refractivity contribution in [2.75, 3.05) is 0 Å². The molecule has 1 N–H and O–H groups in total. The van der Waals surface area contributed by atoms with Crippen LogP contribution < -0.4 is 0 Å². The van der Waals surface area contributed by atoms with Gasteiger partial charge in [-0.15, -0.1) is 0 Å². The van der Waals surface area contributed by atoms with E-state index in [9.17, 15) is 9.18 Å². The number of halogens is 1. The Morgan fingerprint density at radius 3 is 2.25 bits per heavy atom.